The Hall–Kier alpha value is -1.10. The molecule has 0 saturated heterocycles. The third-order valence-electron chi connectivity index (χ3n) is 5.43. The first-order valence-electron chi connectivity index (χ1n) is 7.22. The molecule has 1 aromatic heterocycles. The highest BCUT2D eigenvalue weighted by Gasteiger charge is 2.53. The molecule has 20 heavy (non-hydrogen) atoms. The third-order valence-corrected chi connectivity index (χ3v) is 6.00. The zero-order chi connectivity index (χ0) is 14.1. The minimum absolute atomic E-state index is 0.0873. The van der Waals surface area contributed by atoms with Gasteiger partial charge in [0.25, 0.3) is 11.5 Å². The van der Waals surface area contributed by atoms with Crippen molar-refractivity contribution in [2.45, 2.75) is 51.1 Å². The van der Waals surface area contributed by atoms with Crippen LogP contribution in [0.1, 0.15) is 54.6 Å². The Kier molecular flexibility index (Phi) is 2.37. The van der Waals surface area contributed by atoms with Gasteiger partial charge in [-0.05, 0) is 78.4 Å². The highest BCUT2D eigenvalue weighted by molar-refractivity contribution is 9.10. The summed E-state index contributed by atoms with van der Waals surface area (Å²) in [6, 6.07) is 1.75. The summed E-state index contributed by atoms with van der Waals surface area (Å²) in [5.74, 6) is -0.0983. The molecule has 0 aromatic carbocycles. The Morgan fingerprint density at radius 1 is 1.15 bits per heavy atom. The number of nitrogens with zero attached hydrogens (tertiary/aromatic N) is 1. The van der Waals surface area contributed by atoms with E-state index < -0.39 is 5.66 Å². The molecule has 1 aliphatic heterocycles. The van der Waals surface area contributed by atoms with Crippen molar-refractivity contribution in [1.29, 1.82) is 0 Å². The van der Waals surface area contributed by atoms with Gasteiger partial charge in [0.05, 0.1) is 4.47 Å². The molecule has 1 amide bonds. The van der Waals surface area contributed by atoms with Crippen molar-refractivity contribution in [2.24, 2.45) is 5.41 Å². The Morgan fingerprint density at radius 3 is 2.35 bits per heavy atom. The van der Waals surface area contributed by atoms with Crippen molar-refractivity contribution in [3.63, 3.8) is 0 Å². The molecule has 2 aliphatic carbocycles. The van der Waals surface area contributed by atoms with E-state index in [2.05, 4.69) is 21.2 Å². The molecule has 5 heteroatoms. The van der Waals surface area contributed by atoms with E-state index in [9.17, 15) is 9.59 Å². The number of hydrogen-bond donors (Lipinski definition) is 1. The van der Waals surface area contributed by atoms with E-state index in [1.807, 2.05) is 6.92 Å². The molecule has 4 nitrogen and oxygen atoms in total. The lowest BCUT2D eigenvalue weighted by molar-refractivity contribution is 0.0821. The summed E-state index contributed by atoms with van der Waals surface area (Å²) in [5, 5.41) is 3.11. The summed E-state index contributed by atoms with van der Waals surface area (Å²) in [7, 11) is 0. The van der Waals surface area contributed by atoms with Gasteiger partial charge in [-0.3, -0.25) is 14.2 Å². The number of pyridine rings is 1. The van der Waals surface area contributed by atoms with Crippen LogP contribution < -0.4 is 10.9 Å². The Balaban J connectivity index is 1.87. The smallest absolute Gasteiger partial charge is 0.270 e. The van der Waals surface area contributed by atoms with E-state index in [1.54, 1.807) is 10.6 Å². The lowest BCUT2D eigenvalue weighted by atomic mass is 9.79. The summed E-state index contributed by atoms with van der Waals surface area (Å²) >= 11 is 3.33. The van der Waals surface area contributed by atoms with Crippen LogP contribution in [-0.4, -0.2) is 10.5 Å². The fourth-order valence-corrected chi connectivity index (χ4v) is 4.46. The van der Waals surface area contributed by atoms with E-state index in [1.165, 1.54) is 12.8 Å². The van der Waals surface area contributed by atoms with Crippen molar-refractivity contribution in [2.75, 3.05) is 0 Å². The van der Waals surface area contributed by atoms with Crippen LogP contribution in [0.4, 0.5) is 0 Å². The predicted octanol–water partition coefficient (Wildman–Crippen LogP) is 2.67. The van der Waals surface area contributed by atoms with Gasteiger partial charge in [-0.2, -0.15) is 0 Å². The van der Waals surface area contributed by atoms with Crippen molar-refractivity contribution < 1.29 is 4.79 Å². The molecule has 1 aromatic rings. The quantitative estimate of drug-likeness (QED) is 0.791. The summed E-state index contributed by atoms with van der Waals surface area (Å²) in [6.45, 7) is 1.89. The number of carbonyl (C=O) groups is 1. The van der Waals surface area contributed by atoms with Gasteiger partial charge in [0, 0.05) is 0 Å². The fourth-order valence-electron chi connectivity index (χ4n) is 3.94. The molecule has 1 N–H and O–H groups in total. The molecule has 0 bridgehead atoms. The zero-order valence-electron chi connectivity index (χ0n) is 11.5. The summed E-state index contributed by atoms with van der Waals surface area (Å²) in [5.41, 5.74) is 1.37. The van der Waals surface area contributed by atoms with Crippen LogP contribution in [-0.2, 0) is 5.66 Å². The first kappa shape index (κ1) is 12.6. The molecule has 4 rings (SSSR count). The van der Waals surface area contributed by atoms with Gasteiger partial charge in [0.2, 0.25) is 0 Å². The summed E-state index contributed by atoms with van der Waals surface area (Å²) in [6.07, 6.45) is 6.62. The lowest BCUT2D eigenvalue weighted by Crippen LogP contribution is -2.50. The van der Waals surface area contributed by atoms with Crippen LogP contribution in [0.2, 0.25) is 0 Å². The molecule has 0 radical (unpaired) electrons. The van der Waals surface area contributed by atoms with Gasteiger partial charge in [-0.1, -0.05) is 0 Å². The Labute approximate surface area is 125 Å². The molecular weight excluding hydrogens is 320 g/mol. The number of rotatable bonds is 0. The van der Waals surface area contributed by atoms with Gasteiger partial charge in [-0.15, -0.1) is 0 Å². The van der Waals surface area contributed by atoms with Gasteiger partial charge < -0.3 is 5.32 Å². The van der Waals surface area contributed by atoms with Crippen LogP contribution in [0.25, 0.3) is 0 Å². The normalized spacial score (nSPS) is 24.8. The SMILES string of the molecule is Cc1cc(Br)c(=O)n2c1C(=O)NC21CCC2(CC2)CC1. The first-order chi connectivity index (χ1) is 9.46. The van der Waals surface area contributed by atoms with Crippen molar-refractivity contribution in [3.05, 3.63) is 32.2 Å². The minimum Gasteiger partial charge on any atom is -0.327 e. The van der Waals surface area contributed by atoms with Crippen LogP contribution in [0.15, 0.2) is 15.3 Å². The van der Waals surface area contributed by atoms with E-state index in [-0.39, 0.29) is 11.5 Å². The zero-order valence-corrected chi connectivity index (χ0v) is 13.0. The highest BCUT2D eigenvalue weighted by atomic mass is 79.9. The number of aryl methyl sites for hydroxylation is 1. The molecule has 2 spiro atoms. The lowest BCUT2D eigenvalue weighted by Gasteiger charge is -2.38. The molecule has 3 aliphatic rings. The molecule has 2 fully saturated rings. The largest absolute Gasteiger partial charge is 0.327 e. The molecular formula is C15H17BrN2O2. The van der Waals surface area contributed by atoms with Crippen LogP contribution in [0, 0.1) is 12.3 Å². The van der Waals surface area contributed by atoms with Crippen molar-refractivity contribution in [1.82, 2.24) is 9.88 Å². The van der Waals surface area contributed by atoms with E-state index >= 15 is 0 Å². The van der Waals surface area contributed by atoms with Crippen molar-refractivity contribution in [3.8, 4) is 0 Å². The predicted molar refractivity (Wildman–Crippen MR) is 78.7 cm³/mol. The number of fused-ring (bicyclic) bond motifs is 2. The maximum Gasteiger partial charge on any atom is 0.270 e. The maximum absolute atomic E-state index is 12.5. The average Bonchev–Trinajstić information content (AvgIpc) is 3.10. The molecule has 0 unspecified atom stereocenters. The second kappa shape index (κ2) is 3.75. The van der Waals surface area contributed by atoms with Gasteiger partial charge >= 0.3 is 0 Å². The van der Waals surface area contributed by atoms with Crippen LogP contribution >= 0.6 is 15.9 Å². The van der Waals surface area contributed by atoms with Gasteiger partial charge in [0.1, 0.15) is 11.4 Å². The number of halogens is 1. The third kappa shape index (κ3) is 1.53. The van der Waals surface area contributed by atoms with Gasteiger partial charge in [-0.25, -0.2) is 0 Å². The monoisotopic (exact) mass is 336 g/mol. The average molecular weight is 337 g/mol. The number of amides is 1. The second-order valence-corrected chi connectivity index (χ2v) is 7.50. The van der Waals surface area contributed by atoms with Crippen molar-refractivity contribution >= 4 is 21.8 Å². The van der Waals surface area contributed by atoms with Crippen LogP contribution in [0.3, 0.4) is 0 Å². The highest BCUT2D eigenvalue weighted by Crippen LogP contribution is 2.59. The topological polar surface area (TPSA) is 51.1 Å². The molecule has 2 heterocycles. The summed E-state index contributed by atoms with van der Waals surface area (Å²) in [4.78, 5) is 24.8. The van der Waals surface area contributed by atoms with E-state index in [0.717, 1.165) is 31.2 Å². The minimum atomic E-state index is -0.480. The Morgan fingerprint density at radius 2 is 1.75 bits per heavy atom. The van der Waals surface area contributed by atoms with E-state index in [0.29, 0.717) is 15.6 Å². The molecule has 0 atom stereocenters. The molecule has 2 saturated carbocycles. The van der Waals surface area contributed by atoms with Crippen LogP contribution in [0.5, 0.6) is 0 Å². The second-order valence-electron chi connectivity index (χ2n) is 6.65. The maximum atomic E-state index is 12.5. The summed E-state index contributed by atoms with van der Waals surface area (Å²) < 4.78 is 2.27. The standard InChI is InChI=1S/C15H17BrN2O2/c1-9-8-10(16)13(20)18-11(9)12(19)17-15(18)6-4-14(2-3-14)5-7-15/h8H,2-7H2,1H3,(H,17,19). The Bertz CT molecular complexity index is 678. The molecule has 106 valence electrons. The number of hydrogen-bond acceptors (Lipinski definition) is 2. The fraction of sp³-hybridized carbons (Fsp3) is 0.600. The number of nitrogens with one attached hydrogen (secondary N) is 1. The number of carbonyl (C=O) groups excluding carboxylic acids is 1. The van der Waals surface area contributed by atoms with Gasteiger partial charge in [0.15, 0.2) is 0 Å². The number of aromatic nitrogens is 1. The van der Waals surface area contributed by atoms with E-state index in [4.69, 9.17) is 0 Å². The first-order valence-corrected chi connectivity index (χ1v) is 8.01.